The van der Waals surface area contributed by atoms with Gasteiger partial charge in [-0.15, -0.1) is 0 Å². The fraction of sp³-hybridized carbons (Fsp3) is 0.278. The molecule has 3 heteroatoms. The monoisotopic (exact) mass is 279 g/mol. The summed E-state index contributed by atoms with van der Waals surface area (Å²) in [5.74, 6) is 0.0645. The van der Waals surface area contributed by atoms with E-state index in [1.54, 1.807) is 0 Å². The fourth-order valence-electron chi connectivity index (χ4n) is 3.36. The van der Waals surface area contributed by atoms with Crippen LogP contribution in [0.5, 0.6) is 0 Å². The first kappa shape index (κ1) is 12.6. The summed E-state index contributed by atoms with van der Waals surface area (Å²) in [5.41, 5.74) is 3.46. The molecule has 0 N–H and O–H groups in total. The summed E-state index contributed by atoms with van der Waals surface area (Å²) in [7, 11) is 0. The van der Waals surface area contributed by atoms with Gasteiger partial charge in [0.2, 0.25) is 5.91 Å². The second-order valence-electron chi connectivity index (χ2n) is 5.73. The Morgan fingerprint density at radius 1 is 1.05 bits per heavy atom. The van der Waals surface area contributed by atoms with Crippen LogP contribution < -0.4 is 0 Å². The Bertz CT molecular complexity index is 668. The van der Waals surface area contributed by atoms with Crippen molar-refractivity contribution in [2.45, 2.75) is 25.2 Å². The lowest BCUT2D eigenvalue weighted by Gasteiger charge is -2.26. The molecule has 4 rings (SSSR count). The number of carbonyl (C=O) groups is 1. The molecule has 2 heterocycles. The molecule has 0 aliphatic carbocycles. The van der Waals surface area contributed by atoms with E-state index in [1.807, 2.05) is 35.2 Å². The highest BCUT2D eigenvalue weighted by molar-refractivity contribution is 5.87. The average molecular weight is 279 g/mol. The molecule has 0 saturated carbocycles. The van der Waals surface area contributed by atoms with Crippen LogP contribution in [0.25, 0.3) is 0 Å². The van der Waals surface area contributed by atoms with E-state index in [0.717, 1.165) is 16.7 Å². The maximum Gasteiger partial charge on any atom is 0.233 e. The lowest BCUT2D eigenvalue weighted by Crippen LogP contribution is -2.28. The molecule has 1 saturated heterocycles. The summed E-state index contributed by atoms with van der Waals surface area (Å²) in [5, 5.41) is 0. The van der Waals surface area contributed by atoms with E-state index in [-0.39, 0.29) is 17.9 Å². The van der Waals surface area contributed by atoms with Crippen LogP contribution in [-0.2, 0) is 22.7 Å². The average Bonchev–Trinajstić information content (AvgIpc) is 2.85. The summed E-state index contributed by atoms with van der Waals surface area (Å²) in [4.78, 5) is 14.7. The van der Waals surface area contributed by atoms with Gasteiger partial charge < -0.3 is 9.64 Å². The van der Waals surface area contributed by atoms with Crippen LogP contribution in [0.1, 0.15) is 22.6 Å². The molecule has 0 spiro atoms. The maximum atomic E-state index is 12.8. The molecule has 106 valence electrons. The molecule has 21 heavy (non-hydrogen) atoms. The van der Waals surface area contributed by atoms with Crippen LogP contribution >= 0.6 is 0 Å². The Labute approximate surface area is 124 Å². The first-order valence-electron chi connectivity index (χ1n) is 7.35. The van der Waals surface area contributed by atoms with Crippen molar-refractivity contribution in [2.75, 3.05) is 6.54 Å². The van der Waals surface area contributed by atoms with Gasteiger partial charge in [-0.1, -0.05) is 54.6 Å². The normalized spacial score (nSPS) is 23.8. The Kier molecular flexibility index (Phi) is 3.00. The standard InChI is InChI=1S/C18H17NO2/c20-18-17-15-9-5-4-8-14(15)12-21-16(17)11-19(18)10-13-6-2-1-3-7-13/h1-9,16-17H,10-12H2/t16-,17-/m1/s1. The largest absolute Gasteiger partial charge is 0.371 e. The van der Waals surface area contributed by atoms with E-state index in [9.17, 15) is 4.79 Å². The molecule has 0 aromatic heterocycles. The summed E-state index contributed by atoms with van der Waals surface area (Å²) in [6.07, 6.45) is -0.00360. The molecular weight excluding hydrogens is 262 g/mol. The van der Waals surface area contributed by atoms with Crippen molar-refractivity contribution in [3.63, 3.8) is 0 Å². The van der Waals surface area contributed by atoms with Crippen LogP contribution in [0.15, 0.2) is 54.6 Å². The fourth-order valence-corrected chi connectivity index (χ4v) is 3.36. The summed E-state index contributed by atoms with van der Waals surface area (Å²) >= 11 is 0. The minimum absolute atomic E-state index is 0.00360. The van der Waals surface area contributed by atoms with Crippen LogP contribution in [-0.4, -0.2) is 23.5 Å². The van der Waals surface area contributed by atoms with Gasteiger partial charge in [-0.05, 0) is 16.7 Å². The number of fused-ring (bicyclic) bond motifs is 3. The Hall–Kier alpha value is -2.13. The topological polar surface area (TPSA) is 29.5 Å². The van der Waals surface area contributed by atoms with Crippen LogP contribution in [0.4, 0.5) is 0 Å². The van der Waals surface area contributed by atoms with Crippen molar-refractivity contribution >= 4 is 5.91 Å². The van der Waals surface area contributed by atoms with Gasteiger partial charge in [0.1, 0.15) is 0 Å². The van der Waals surface area contributed by atoms with Gasteiger partial charge in [0.05, 0.1) is 18.6 Å². The van der Waals surface area contributed by atoms with E-state index in [4.69, 9.17) is 4.74 Å². The molecule has 0 unspecified atom stereocenters. The van der Waals surface area contributed by atoms with E-state index in [1.165, 1.54) is 0 Å². The molecule has 2 atom stereocenters. The molecular formula is C18H17NO2. The first-order valence-corrected chi connectivity index (χ1v) is 7.35. The number of nitrogens with zero attached hydrogens (tertiary/aromatic N) is 1. The van der Waals surface area contributed by atoms with Crippen LogP contribution in [0.2, 0.25) is 0 Å². The molecule has 2 aliphatic rings. The Morgan fingerprint density at radius 2 is 1.81 bits per heavy atom. The molecule has 3 nitrogen and oxygen atoms in total. The number of hydrogen-bond acceptors (Lipinski definition) is 2. The molecule has 2 aliphatic heterocycles. The predicted octanol–water partition coefficient (Wildman–Crippen LogP) is 2.71. The highest BCUT2D eigenvalue weighted by atomic mass is 16.5. The van der Waals surface area contributed by atoms with Gasteiger partial charge in [0, 0.05) is 13.1 Å². The van der Waals surface area contributed by atoms with Gasteiger partial charge in [-0.25, -0.2) is 0 Å². The third kappa shape index (κ3) is 2.14. The van der Waals surface area contributed by atoms with Crippen molar-refractivity contribution in [3.05, 3.63) is 71.3 Å². The van der Waals surface area contributed by atoms with E-state index in [0.29, 0.717) is 19.7 Å². The summed E-state index contributed by atoms with van der Waals surface area (Å²) in [6, 6.07) is 18.3. The number of hydrogen-bond donors (Lipinski definition) is 0. The van der Waals surface area contributed by atoms with Gasteiger partial charge >= 0.3 is 0 Å². The highest BCUT2D eigenvalue weighted by Crippen LogP contribution is 2.37. The van der Waals surface area contributed by atoms with Crippen molar-refractivity contribution in [2.24, 2.45) is 0 Å². The zero-order valence-electron chi connectivity index (χ0n) is 11.7. The first-order chi connectivity index (χ1) is 10.3. The zero-order valence-corrected chi connectivity index (χ0v) is 11.7. The second-order valence-corrected chi connectivity index (χ2v) is 5.73. The number of amides is 1. The number of likely N-dealkylation sites (tertiary alicyclic amines) is 1. The Balaban J connectivity index is 1.61. The minimum Gasteiger partial charge on any atom is -0.371 e. The van der Waals surface area contributed by atoms with Crippen molar-refractivity contribution in [3.8, 4) is 0 Å². The molecule has 2 aromatic rings. The Morgan fingerprint density at radius 3 is 2.67 bits per heavy atom. The number of rotatable bonds is 2. The second kappa shape index (κ2) is 5.01. The predicted molar refractivity (Wildman–Crippen MR) is 79.6 cm³/mol. The lowest BCUT2D eigenvalue weighted by atomic mass is 9.89. The highest BCUT2D eigenvalue weighted by Gasteiger charge is 2.44. The third-order valence-electron chi connectivity index (χ3n) is 4.41. The smallest absolute Gasteiger partial charge is 0.233 e. The number of ether oxygens (including phenoxy) is 1. The van der Waals surface area contributed by atoms with E-state index >= 15 is 0 Å². The third-order valence-corrected chi connectivity index (χ3v) is 4.41. The SMILES string of the molecule is O=C1[C@@H]2c3ccccc3CO[C@@H]2CN1Cc1ccccc1. The van der Waals surface area contributed by atoms with E-state index in [2.05, 4.69) is 24.3 Å². The van der Waals surface area contributed by atoms with E-state index < -0.39 is 0 Å². The molecule has 1 amide bonds. The zero-order chi connectivity index (χ0) is 14.2. The molecule has 0 bridgehead atoms. The van der Waals surface area contributed by atoms with Crippen molar-refractivity contribution < 1.29 is 9.53 Å². The number of benzene rings is 2. The van der Waals surface area contributed by atoms with Crippen molar-refractivity contribution in [1.82, 2.24) is 4.90 Å². The van der Waals surface area contributed by atoms with Gasteiger partial charge in [0.25, 0.3) is 0 Å². The van der Waals surface area contributed by atoms with Gasteiger partial charge in [0.15, 0.2) is 0 Å². The van der Waals surface area contributed by atoms with Crippen LogP contribution in [0, 0.1) is 0 Å². The number of carbonyl (C=O) groups excluding carboxylic acids is 1. The maximum absolute atomic E-state index is 12.8. The molecule has 1 fully saturated rings. The van der Waals surface area contributed by atoms with Gasteiger partial charge in [-0.2, -0.15) is 0 Å². The summed E-state index contributed by atoms with van der Waals surface area (Å²) < 4.78 is 5.90. The quantitative estimate of drug-likeness (QED) is 0.846. The lowest BCUT2D eigenvalue weighted by molar-refractivity contribution is -0.130. The summed E-state index contributed by atoms with van der Waals surface area (Å²) in [6.45, 7) is 1.97. The van der Waals surface area contributed by atoms with Crippen molar-refractivity contribution in [1.29, 1.82) is 0 Å². The van der Waals surface area contributed by atoms with Crippen LogP contribution in [0.3, 0.4) is 0 Å². The van der Waals surface area contributed by atoms with Gasteiger partial charge in [-0.3, -0.25) is 4.79 Å². The minimum atomic E-state index is -0.126. The molecule has 2 aromatic carbocycles. The molecule has 0 radical (unpaired) electrons.